The van der Waals surface area contributed by atoms with Crippen LogP contribution < -0.4 is 5.32 Å². The normalized spacial score (nSPS) is 10.2. The van der Waals surface area contributed by atoms with Gasteiger partial charge in [0.05, 0.1) is 0 Å². The van der Waals surface area contributed by atoms with Gasteiger partial charge in [-0.05, 0) is 18.1 Å². The minimum atomic E-state index is -0.132. The molecular formula is C13H18ClNO2. The van der Waals surface area contributed by atoms with Crippen molar-refractivity contribution in [3.8, 4) is 0 Å². The van der Waals surface area contributed by atoms with E-state index < -0.39 is 0 Å². The van der Waals surface area contributed by atoms with E-state index in [0.29, 0.717) is 26.1 Å². The third-order valence-corrected chi connectivity index (χ3v) is 2.64. The van der Waals surface area contributed by atoms with Crippen LogP contribution in [0.4, 0.5) is 0 Å². The largest absolute Gasteiger partial charge is 0.464 e. The molecule has 0 heterocycles. The van der Waals surface area contributed by atoms with E-state index in [-0.39, 0.29) is 5.97 Å². The molecule has 0 bridgehead atoms. The zero-order chi connectivity index (χ0) is 12.5. The maximum Gasteiger partial charge on any atom is 0.305 e. The fourth-order valence-electron chi connectivity index (χ4n) is 1.38. The van der Waals surface area contributed by atoms with Crippen molar-refractivity contribution in [3.05, 3.63) is 34.9 Å². The number of rotatable bonds is 7. The van der Waals surface area contributed by atoms with Crippen molar-refractivity contribution in [1.82, 2.24) is 5.32 Å². The number of hydrogen-bond acceptors (Lipinski definition) is 3. The molecule has 17 heavy (non-hydrogen) atoms. The van der Waals surface area contributed by atoms with Gasteiger partial charge in [-0.1, -0.05) is 36.7 Å². The summed E-state index contributed by atoms with van der Waals surface area (Å²) in [6.45, 7) is 3.69. The predicted molar refractivity (Wildman–Crippen MR) is 69.0 cm³/mol. The molecule has 1 aromatic carbocycles. The minimum absolute atomic E-state index is 0.132. The minimum Gasteiger partial charge on any atom is -0.464 e. The van der Waals surface area contributed by atoms with Crippen LogP contribution >= 0.6 is 11.6 Å². The molecule has 0 spiro atoms. The summed E-state index contributed by atoms with van der Waals surface area (Å²) < 4.78 is 5.02. The maximum absolute atomic E-state index is 11.1. The second-order valence-electron chi connectivity index (χ2n) is 3.74. The van der Waals surface area contributed by atoms with E-state index in [1.165, 1.54) is 0 Å². The van der Waals surface area contributed by atoms with Gasteiger partial charge in [-0.2, -0.15) is 0 Å². The second-order valence-corrected chi connectivity index (χ2v) is 4.15. The topological polar surface area (TPSA) is 38.3 Å². The van der Waals surface area contributed by atoms with Gasteiger partial charge in [0.15, 0.2) is 0 Å². The van der Waals surface area contributed by atoms with Crippen LogP contribution in [0.3, 0.4) is 0 Å². The standard InChI is InChI=1S/C13H18ClNO2/c1-2-5-13(16)17-9-8-15-10-11-6-3-4-7-12(11)14/h3-4,6-7,15H,2,5,8-10H2,1H3. The molecule has 0 aliphatic heterocycles. The number of carbonyl (C=O) groups is 1. The van der Waals surface area contributed by atoms with Crippen LogP contribution in [0, 0.1) is 0 Å². The number of benzene rings is 1. The van der Waals surface area contributed by atoms with E-state index in [2.05, 4.69) is 5.32 Å². The summed E-state index contributed by atoms with van der Waals surface area (Å²) in [5.74, 6) is -0.132. The summed E-state index contributed by atoms with van der Waals surface area (Å²) in [7, 11) is 0. The zero-order valence-corrected chi connectivity index (χ0v) is 10.8. The Morgan fingerprint density at radius 3 is 2.88 bits per heavy atom. The van der Waals surface area contributed by atoms with Crippen LogP contribution in [-0.4, -0.2) is 19.1 Å². The van der Waals surface area contributed by atoms with Crippen LogP contribution in [0.1, 0.15) is 25.3 Å². The molecule has 94 valence electrons. The molecule has 1 aromatic rings. The van der Waals surface area contributed by atoms with Crippen LogP contribution in [-0.2, 0) is 16.1 Å². The molecule has 0 aliphatic rings. The molecule has 0 fully saturated rings. The summed E-state index contributed by atoms with van der Waals surface area (Å²) in [5, 5.41) is 3.93. The summed E-state index contributed by atoms with van der Waals surface area (Å²) >= 11 is 6.00. The highest BCUT2D eigenvalue weighted by Gasteiger charge is 2.00. The van der Waals surface area contributed by atoms with Gasteiger partial charge in [-0.25, -0.2) is 0 Å². The van der Waals surface area contributed by atoms with E-state index in [0.717, 1.165) is 17.0 Å². The molecule has 0 unspecified atom stereocenters. The molecule has 0 saturated carbocycles. The number of ether oxygens (including phenoxy) is 1. The Bertz CT molecular complexity index is 355. The van der Waals surface area contributed by atoms with Crippen molar-refractivity contribution in [3.63, 3.8) is 0 Å². The van der Waals surface area contributed by atoms with Crippen molar-refractivity contribution in [1.29, 1.82) is 0 Å². The van der Waals surface area contributed by atoms with Crippen molar-refractivity contribution < 1.29 is 9.53 Å². The van der Waals surface area contributed by atoms with Crippen molar-refractivity contribution >= 4 is 17.6 Å². The fraction of sp³-hybridized carbons (Fsp3) is 0.462. The molecule has 0 saturated heterocycles. The highest BCUT2D eigenvalue weighted by molar-refractivity contribution is 6.31. The van der Waals surface area contributed by atoms with Gasteiger partial charge in [-0.15, -0.1) is 0 Å². The highest BCUT2D eigenvalue weighted by atomic mass is 35.5. The lowest BCUT2D eigenvalue weighted by Crippen LogP contribution is -2.21. The van der Waals surface area contributed by atoms with Crippen LogP contribution in [0.25, 0.3) is 0 Å². The van der Waals surface area contributed by atoms with Gasteiger partial charge in [0, 0.05) is 24.5 Å². The van der Waals surface area contributed by atoms with Gasteiger partial charge in [-0.3, -0.25) is 4.79 Å². The average molecular weight is 256 g/mol. The third kappa shape index (κ3) is 5.71. The lowest BCUT2D eigenvalue weighted by Gasteiger charge is -2.07. The molecule has 0 aromatic heterocycles. The first-order chi connectivity index (χ1) is 8.24. The van der Waals surface area contributed by atoms with Crippen LogP contribution in [0.15, 0.2) is 24.3 Å². The smallest absolute Gasteiger partial charge is 0.305 e. The SMILES string of the molecule is CCCC(=O)OCCNCc1ccccc1Cl. The first-order valence-corrected chi connectivity index (χ1v) is 6.21. The highest BCUT2D eigenvalue weighted by Crippen LogP contribution is 2.13. The number of esters is 1. The Labute approximate surface area is 107 Å². The summed E-state index contributed by atoms with van der Waals surface area (Å²) in [6, 6.07) is 7.68. The Hall–Kier alpha value is -1.06. The number of halogens is 1. The molecule has 0 amide bonds. The second kappa shape index (κ2) is 8.09. The van der Waals surface area contributed by atoms with E-state index in [9.17, 15) is 4.79 Å². The summed E-state index contributed by atoms with van der Waals surface area (Å²) in [6.07, 6.45) is 1.32. The van der Waals surface area contributed by atoms with E-state index in [1.807, 2.05) is 31.2 Å². The summed E-state index contributed by atoms with van der Waals surface area (Å²) in [5.41, 5.74) is 1.05. The Kier molecular flexibility index (Phi) is 6.67. The lowest BCUT2D eigenvalue weighted by atomic mass is 10.2. The Morgan fingerprint density at radius 1 is 1.41 bits per heavy atom. The van der Waals surface area contributed by atoms with Gasteiger partial charge in [0.1, 0.15) is 6.61 Å². The Morgan fingerprint density at radius 2 is 2.18 bits per heavy atom. The van der Waals surface area contributed by atoms with E-state index >= 15 is 0 Å². The lowest BCUT2D eigenvalue weighted by molar-refractivity contribution is -0.143. The molecular weight excluding hydrogens is 238 g/mol. The number of hydrogen-bond donors (Lipinski definition) is 1. The van der Waals surface area contributed by atoms with Crippen molar-refractivity contribution in [2.24, 2.45) is 0 Å². The fourth-order valence-corrected chi connectivity index (χ4v) is 1.58. The van der Waals surface area contributed by atoms with Crippen molar-refractivity contribution in [2.75, 3.05) is 13.2 Å². The quantitative estimate of drug-likeness (QED) is 0.601. The molecule has 0 aliphatic carbocycles. The van der Waals surface area contributed by atoms with E-state index in [4.69, 9.17) is 16.3 Å². The molecule has 0 radical (unpaired) electrons. The average Bonchev–Trinajstić information content (AvgIpc) is 2.31. The monoisotopic (exact) mass is 255 g/mol. The van der Waals surface area contributed by atoms with Crippen molar-refractivity contribution in [2.45, 2.75) is 26.3 Å². The predicted octanol–water partition coefficient (Wildman–Crippen LogP) is 2.77. The summed E-state index contributed by atoms with van der Waals surface area (Å²) in [4.78, 5) is 11.1. The molecule has 1 N–H and O–H groups in total. The molecule has 0 atom stereocenters. The maximum atomic E-state index is 11.1. The molecule has 4 heteroatoms. The van der Waals surface area contributed by atoms with Gasteiger partial charge < -0.3 is 10.1 Å². The number of carbonyl (C=O) groups excluding carboxylic acids is 1. The van der Waals surface area contributed by atoms with Crippen LogP contribution in [0.2, 0.25) is 5.02 Å². The van der Waals surface area contributed by atoms with Gasteiger partial charge >= 0.3 is 5.97 Å². The molecule has 3 nitrogen and oxygen atoms in total. The zero-order valence-electron chi connectivity index (χ0n) is 10.0. The third-order valence-electron chi connectivity index (χ3n) is 2.27. The number of nitrogens with one attached hydrogen (secondary N) is 1. The van der Waals surface area contributed by atoms with E-state index in [1.54, 1.807) is 0 Å². The molecule has 1 rings (SSSR count). The Balaban J connectivity index is 2.13. The van der Waals surface area contributed by atoms with Crippen LogP contribution in [0.5, 0.6) is 0 Å². The van der Waals surface area contributed by atoms with Gasteiger partial charge in [0.2, 0.25) is 0 Å². The van der Waals surface area contributed by atoms with Gasteiger partial charge in [0.25, 0.3) is 0 Å². The first kappa shape index (κ1) is 14.0. The first-order valence-electron chi connectivity index (χ1n) is 5.83.